The standard InChI is InChI=1S/C11H16BrNO2/c1-9(13-15-8-7-14-2)10-3-5-11(12)6-4-10/h3-6,9,13H,7-8H2,1-2H3. The Bertz CT molecular complexity index is 276. The van der Waals surface area contributed by atoms with E-state index in [0.29, 0.717) is 13.2 Å². The summed E-state index contributed by atoms with van der Waals surface area (Å²) in [4.78, 5) is 5.23. The molecule has 0 aliphatic heterocycles. The van der Waals surface area contributed by atoms with Crippen LogP contribution in [-0.2, 0) is 9.57 Å². The van der Waals surface area contributed by atoms with Crippen LogP contribution in [0.5, 0.6) is 0 Å². The van der Waals surface area contributed by atoms with Crippen LogP contribution in [0.3, 0.4) is 0 Å². The van der Waals surface area contributed by atoms with Gasteiger partial charge in [-0.15, -0.1) is 0 Å². The van der Waals surface area contributed by atoms with Crippen molar-refractivity contribution in [3.8, 4) is 0 Å². The first-order chi connectivity index (χ1) is 7.24. The molecule has 3 nitrogen and oxygen atoms in total. The monoisotopic (exact) mass is 273 g/mol. The summed E-state index contributed by atoms with van der Waals surface area (Å²) in [7, 11) is 1.65. The number of halogens is 1. The fourth-order valence-corrected chi connectivity index (χ4v) is 1.39. The van der Waals surface area contributed by atoms with Gasteiger partial charge in [-0.2, -0.15) is 5.48 Å². The molecule has 1 atom stereocenters. The molecule has 0 radical (unpaired) electrons. The predicted molar refractivity (Wildman–Crippen MR) is 63.5 cm³/mol. The highest BCUT2D eigenvalue weighted by Crippen LogP contribution is 2.16. The van der Waals surface area contributed by atoms with Crippen LogP contribution >= 0.6 is 15.9 Å². The zero-order valence-electron chi connectivity index (χ0n) is 9.00. The number of rotatable bonds is 6. The second kappa shape index (κ2) is 6.95. The molecule has 15 heavy (non-hydrogen) atoms. The van der Waals surface area contributed by atoms with Crippen LogP contribution in [0, 0.1) is 0 Å². The van der Waals surface area contributed by atoms with Crippen LogP contribution in [0.2, 0.25) is 0 Å². The molecular formula is C11H16BrNO2. The second-order valence-corrected chi connectivity index (χ2v) is 4.15. The van der Waals surface area contributed by atoms with Gasteiger partial charge >= 0.3 is 0 Å². The van der Waals surface area contributed by atoms with Crippen molar-refractivity contribution in [2.45, 2.75) is 13.0 Å². The lowest BCUT2D eigenvalue weighted by molar-refractivity contribution is -0.00924. The van der Waals surface area contributed by atoms with E-state index in [9.17, 15) is 0 Å². The maximum Gasteiger partial charge on any atom is 0.0916 e. The van der Waals surface area contributed by atoms with Gasteiger partial charge in [0.1, 0.15) is 0 Å². The summed E-state index contributed by atoms with van der Waals surface area (Å²) in [6, 6.07) is 8.32. The number of hydrogen-bond donors (Lipinski definition) is 1. The van der Waals surface area contributed by atoms with Crippen molar-refractivity contribution in [3.05, 3.63) is 34.3 Å². The first kappa shape index (κ1) is 12.6. The molecule has 0 saturated carbocycles. The Morgan fingerprint density at radius 1 is 1.27 bits per heavy atom. The molecule has 1 aromatic carbocycles. The summed E-state index contributed by atoms with van der Waals surface area (Å²) >= 11 is 3.40. The van der Waals surface area contributed by atoms with Gasteiger partial charge in [0.25, 0.3) is 0 Å². The highest BCUT2D eigenvalue weighted by molar-refractivity contribution is 9.10. The minimum absolute atomic E-state index is 0.176. The lowest BCUT2D eigenvalue weighted by atomic mass is 10.1. The van der Waals surface area contributed by atoms with Crippen LogP contribution in [-0.4, -0.2) is 20.3 Å². The lowest BCUT2D eigenvalue weighted by Crippen LogP contribution is -2.21. The van der Waals surface area contributed by atoms with Crippen molar-refractivity contribution in [3.63, 3.8) is 0 Å². The number of hydroxylamine groups is 1. The Balaban J connectivity index is 2.33. The van der Waals surface area contributed by atoms with Crippen molar-refractivity contribution in [2.75, 3.05) is 20.3 Å². The molecule has 1 N–H and O–H groups in total. The minimum atomic E-state index is 0.176. The van der Waals surface area contributed by atoms with E-state index in [1.807, 2.05) is 12.1 Å². The second-order valence-electron chi connectivity index (χ2n) is 3.23. The molecule has 4 heteroatoms. The van der Waals surface area contributed by atoms with E-state index in [1.165, 1.54) is 5.56 Å². The van der Waals surface area contributed by atoms with Gasteiger partial charge in [0.15, 0.2) is 0 Å². The zero-order valence-corrected chi connectivity index (χ0v) is 10.6. The largest absolute Gasteiger partial charge is 0.382 e. The van der Waals surface area contributed by atoms with Crippen LogP contribution < -0.4 is 5.48 Å². The van der Waals surface area contributed by atoms with E-state index < -0.39 is 0 Å². The van der Waals surface area contributed by atoms with Gasteiger partial charge in [0.2, 0.25) is 0 Å². The van der Waals surface area contributed by atoms with E-state index in [2.05, 4.69) is 40.5 Å². The average molecular weight is 274 g/mol. The molecule has 0 saturated heterocycles. The average Bonchev–Trinajstić information content (AvgIpc) is 2.25. The maximum absolute atomic E-state index is 5.23. The Labute approximate surface area is 98.9 Å². The molecule has 1 rings (SSSR count). The van der Waals surface area contributed by atoms with Crippen LogP contribution in [0.1, 0.15) is 18.5 Å². The zero-order chi connectivity index (χ0) is 11.1. The van der Waals surface area contributed by atoms with E-state index in [-0.39, 0.29) is 6.04 Å². The smallest absolute Gasteiger partial charge is 0.0916 e. The summed E-state index contributed by atoms with van der Waals surface area (Å²) in [6.07, 6.45) is 0. The van der Waals surface area contributed by atoms with Gasteiger partial charge in [0.05, 0.1) is 19.3 Å². The van der Waals surface area contributed by atoms with Gasteiger partial charge in [-0.05, 0) is 24.6 Å². The van der Waals surface area contributed by atoms with Gasteiger partial charge < -0.3 is 4.74 Å². The third-order valence-electron chi connectivity index (χ3n) is 2.02. The molecule has 0 spiro atoms. The molecule has 0 fully saturated rings. The van der Waals surface area contributed by atoms with E-state index in [0.717, 1.165) is 4.47 Å². The SMILES string of the molecule is COCCONC(C)c1ccc(Br)cc1. The molecule has 0 amide bonds. The first-order valence-corrected chi connectivity index (χ1v) is 5.65. The quantitative estimate of drug-likeness (QED) is 0.639. The first-order valence-electron chi connectivity index (χ1n) is 4.85. The predicted octanol–water partition coefficient (Wildman–Crippen LogP) is 2.68. The Kier molecular flexibility index (Phi) is 5.86. The number of benzene rings is 1. The van der Waals surface area contributed by atoms with Crippen molar-refractivity contribution in [2.24, 2.45) is 0 Å². The van der Waals surface area contributed by atoms with Crippen molar-refractivity contribution in [1.82, 2.24) is 5.48 Å². The summed E-state index contributed by atoms with van der Waals surface area (Å²) in [5, 5.41) is 0. The normalized spacial score (nSPS) is 12.7. The molecule has 0 aromatic heterocycles. The molecular weight excluding hydrogens is 258 g/mol. The molecule has 0 bridgehead atoms. The topological polar surface area (TPSA) is 30.5 Å². The summed E-state index contributed by atoms with van der Waals surface area (Å²) in [6.45, 7) is 3.20. The number of nitrogens with one attached hydrogen (secondary N) is 1. The highest BCUT2D eigenvalue weighted by Gasteiger charge is 2.03. The summed E-state index contributed by atoms with van der Waals surface area (Å²) in [5.41, 5.74) is 4.15. The van der Waals surface area contributed by atoms with Gasteiger partial charge in [-0.25, -0.2) is 0 Å². The fraction of sp³-hybridized carbons (Fsp3) is 0.455. The molecule has 0 aliphatic rings. The third kappa shape index (κ3) is 4.75. The van der Waals surface area contributed by atoms with Crippen LogP contribution in [0.25, 0.3) is 0 Å². The highest BCUT2D eigenvalue weighted by atomic mass is 79.9. The van der Waals surface area contributed by atoms with Gasteiger partial charge in [-0.3, -0.25) is 4.84 Å². The van der Waals surface area contributed by atoms with Crippen molar-refractivity contribution < 1.29 is 9.57 Å². The van der Waals surface area contributed by atoms with E-state index in [4.69, 9.17) is 9.57 Å². The van der Waals surface area contributed by atoms with Gasteiger partial charge in [0, 0.05) is 11.6 Å². The summed E-state index contributed by atoms with van der Waals surface area (Å²) < 4.78 is 5.96. The molecule has 0 aliphatic carbocycles. The molecule has 0 heterocycles. The van der Waals surface area contributed by atoms with Crippen molar-refractivity contribution in [1.29, 1.82) is 0 Å². The van der Waals surface area contributed by atoms with E-state index in [1.54, 1.807) is 7.11 Å². The minimum Gasteiger partial charge on any atom is -0.382 e. The van der Waals surface area contributed by atoms with Crippen LogP contribution in [0.4, 0.5) is 0 Å². The van der Waals surface area contributed by atoms with Crippen LogP contribution in [0.15, 0.2) is 28.7 Å². The summed E-state index contributed by atoms with van der Waals surface area (Å²) in [5.74, 6) is 0. The molecule has 1 aromatic rings. The maximum atomic E-state index is 5.23. The Morgan fingerprint density at radius 3 is 2.53 bits per heavy atom. The van der Waals surface area contributed by atoms with Gasteiger partial charge in [-0.1, -0.05) is 28.1 Å². The Morgan fingerprint density at radius 2 is 1.93 bits per heavy atom. The lowest BCUT2D eigenvalue weighted by Gasteiger charge is -2.13. The molecule has 1 unspecified atom stereocenters. The number of methoxy groups -OCH3 is 1. The number of ether oxygens (including phenoxy) is 1. The van der Waals surface area contributed by atoms with E-state index >= 15 is 0 Å². The third-order valence-corrected chi connectivity index (χ3v) is 2.55. The Hall–Kier alpha value is -0.420. The van der Waals surface area contributed by atoms with Crippen molar-refractivity contribution >= 4 is 15.9 Å². The fourth-order valence-electron chi connectivity index (χ4n) is 1.13. The molecule has 84 valence electrons. The number of hydrogen-bond acceptors (Lipinski definition) is 3.